The van der Waals surface area contributed by atoms with E-state index in [4.69, 9.17) is 4.74 Å². The number of hydroxylamine groups is 3. The number of quaternary nitrogens is 1. The van der Waals surface area contributed by atoms with E-state index in [1.54, 1.807) is 6.07 Å². The number of phenols is 1. The fourth-order valence-corrected chi connectivity index (χ4v) is 6.27. The molecule has 1 aromatic carbocycles. The van der Waals surface area contributed by atoms with E-state index in [1.807, 2.05) is 19.9 Å². The van der Waals surface area contributed by atoms with Crippen molar-refractivity contribution in [2.75, 3.05) is 13.1 Å². The molecule has 2 aliphatic carbocycles. The second kappa shape index (κ2) is 4.70. The topological polar surface area (TPSA) is 69.9 Å². The van der Waals surface area contributed by atoms with Gasteiger partial charge in [0.05, 0.1) is 5.41 Å². The largest absolute Gasteiger partial charge is 0.504 e. The van der Waals surface area contributed by atoms with Crippen molar-refractivity contribution < 1.29 is 24.8 Å². The molecule has 5 nitrogen and oxygen atoms in total. The van der Waals surface area contributed by atoms with Crippen LogP contribution in [0, 0.1) is 5.92 Å². The molecule has 4 aliphatic rings. The van der Waals surface area contributed by atoms with E-state index < -0.39 is 11.0 Å². The number of fused-ring (bicyclic) bond motifs is 1. The Kier molecular flexibility index (Phi) is 2.99. The Hall–Kier alpha value is -1.30. The van der Waals surface area contributed by atoms with Crippen LogP contribution in [0.5, 0.6) is 11.5 Å². The molecule has 25 heavy (non-hydrogen) atoms. The molecule has 2 aliphatic heterocycles. The van der Waals surface area contributed by atoms with Crippen LogP contribution in [0.4, 0.5) is 0 Å². The summed E-state index contributed by atoms with van der Waals surface area (Å²) < 4.78 is 6.08. The lowest BCUT2D eigenvalue weighted by molar-refractivity contribution is -1.13. The van der Waals surface area contributed by atoms with Crippen LogP contribution in [0.25, 0.3) is 0 Å². The summed E-state index contributed by atoms with van der Waals surface area (Å²) in [5, 5.41) is 33.8. The lowest BCUT2D eigenvalue weighted by Gasteiger charge is -2.60. The fraction of sp³-hybridized carbons (Fsp3) is 0.700. The minimum Gasteiger partial charge on any atom is -0.504 e. The monoisotopic (exact) mass is 346 g/mol. The molecule has 1 spiro atoms. The molecule has 1 saturated carbocycles. The number of benzene rings is 1. The zero-order valence-corrected chi connectivity index (χ0v) is 15.0. The maximum Gasteiger partial charge on any atom is 0.165 e. The summed E-state index contributed by atoms with van der Waals surface area (Å²) in [6, 6.07) is 3.42. The molecule has 5 rings (SSSR count). The Morgan fingerprint density at radius 3 is 2.76 bits per heavy atom. The Labute approximate surface area is 148 Å². The molecule has 3 unspecified atom stereocenters. The second-order valence-electron chi connectivity index (χ2n) is 8.76. The first-order valence-corrected chi connectivity index (χ1v) is 9.69. The Morgan fingerprint density at radius 1 is 1.32 bits per heavy atom. The minimum absolute atomic E-state index is 0.0148. The SMILES string of the molecule is CCC1(O)C2Cc3ccc(O)c4c3[C@]1(CC[N@@+]2(O)CC1CC1)C(C)O4. The average Bonchev–Trinajstić information content (AvgIpc) is 3.32. The number of likely N-dealkylation sites (tertiary alicyclic amines) is 1. The summed E-state index contributed by atoms with van der Waals surface area (Å²) in [6.45, 7) is 5.41. The summed E-state index contributed by atoms with van der Waals surface area (Å²) in [4.78, 5) is 0. The predicted molar refractivity (Wildman–Crippen MR) is 91.7 cm³/mol. The number of piperidine rings is 1. The average molecular weight is 346 g/mol. The highest BCUT2D eigenvalue weighted by atomic mass is 16.6. The number of nitrogens with zero attached hydrogens (tertiary/aromatic N) is 1. The van der Waals surface area contributed by atoms with Crippen molar-refractivity contribution in [1.82, 2.24) is 0 Å². The van der Waals surface area contributed by atoms with E-state index >= 15 is 0 Å². The van der Waals surface area contributed by atoms with Gasteiger partial charge in [0, 0.05) is 24.3 Å². The lowest BCUT2D eigenvalue weighted by atomic mass is 9.52. The number of hydrogen-bond acceptors (Lipinski definition) is 4. The highest BCUT2D eigenvalue weighted by Crippen LogP contribution is 2.63. The first-order valence-electron chi connectivity index (χ1n) is 9.69. The van der Waals surface area contributed by atoms with Crippen molar-refractivity contribution in [3.05, 3.63) is 23.3 Å². The third-order valence-electron chi connectivity index (χ3n) is 7.68. The van der Waals surface area contributed by atoms with E-state index in [-0.39, 0.29) is 22.5 Å². The first-order chi connectivity index (χ1) is 11.9. The molecular weight excluding hydrogens is 318 g/mol. The van der Waals surface area contributed by atoms with Gasteiger partial charge in [0.1, 0.15) is 24.8 Å². The van der Waals surface area contributed by atoms with Crippen LogP contribution in [0.3, 0.4) is 0 Å². The molecule has 3 N–H and O–H groups in total. The number of aliphatic hydroxyl groups is 1. The number of hydrogen-bond donors (Lipinski definition) is 3. The molecule has 1 saturated heterocycles. The molecule has 2 heterocycles. The molecule has 2 bridgehead atoms. The summed E-state index contributed by atoms with van der Waals surface area (Å²) in [6.07, 6.45) is 4.06. The highest BCUT2D eigenvalue weighted by Gasteiger charge is 2.73. The standard InChI is InChI=1S/C20H27NO4/c1-3-20(23)16-10-14-6-7-15(22)18-17(14)19(20,12(2)25-18)8-9-21(16,24)11-13-4-5-13/h6-7,12-13,16,23-24H,3-5,8-11H2,1-2H3/p+1/t12?,16?,19-,20?,21+/m0/s1. The van der Waals surface area contributed by atoms with Crippen molar-refractivity contribution >= 4 is 0 Å². The van der Waals surface area contributed by atoms with Gasteiger partial charge in [0.25, 0.3) is 0 Å². The van der Waals surface area contributed by atoms with Crippen LogP contribution in [0.15, 0.2) is 12.1 Å². The van der Waals surface area contributed by atoms with E-state index in [1.165, 1.54) is 12.8 Å². The number of rotatable bonds is 3. The lowest BCUT2D eigenvalue weighted by Crippen LogP contribution is -2.78. The molecule has 136 valence electrons. The van der Waals surface area contributed by atoms with Crippen molar-refractivity contribution in [3.63, 3.8) is 0 Å². The van der Waals surface area contributed by atoms with Crippen molar-refractivity contribution in [1.29, 1.82) is 0 Å². The normalized spacial score (nSPS) is 44.3. The molecular formula is C20H28NO4+. The van der Waals surface area contributed by atoms with E-state index in [0.717, 1.165) is 17.7 Å². The summed E-state index contributed by atoms with van der Waals surface area (Å²) in [5.41, 5.74) is 0.549. The molecule has 2 fully saturated rings. The molecule has 1 aromatic rings. The highest BCUT2D eigenvalue weighted by molar-refractivity contribution is 5.61. The van der Waals surface area contributed by atoms with Gasteiger partial charge in [-0.05, 0) is 37.8 Å². The van der Waals surface area contributed by atoms with E-state index in [0.29, 0.717) is 37.5 Å². The quantitative estimate of drug-likeness (QED) is 0.736. The van der Waals surface area contributed by atoms with Crippen LogP contribution in [0.2, 0.25) is 0 Å². The summed E-state index contributed by atoms with van der Waals surface area (Å²) in [5.74, 6) is 1.30. The fourth-order valence-electron chi connectivity index (χ4n) is 6.27. The number of ether oxygens (including phenoxy) is 1. The van der Waals surface area contributed by atoms with Crippen molar-refractivity contribution in [2.24, 2.45) is 5.92 Å². The molecule has 0 amide bonds. The Balaban J connectivity index is 1.73. The van der Waals surface area contributed by atoms with Gasteiger partial charge in [-0.2, -0.15) is 4.65 Å². The van der Waals surface area contributed by atoms with Crippen LogP contribution in [-0.4, -0.2) is 50.9 Å². The maximum atomic E-state index is 12.0. The molecule has 0 aromatic heterocycles. The molecule has 5 heteroatoms. The van der Waals surface area contributed by atoms with Gasteiger partial charge in [-0.15, -0.1) is 0 Å². The van der Waals surface area contributed by atoms with Gasteiger partial charge >= 0.3 is 0 Å². The Bertz CT molecular complexity index is 747. The Morgan fingerprint density at radius 2 is 2.08 bits per heavy atom. The predicted octanol–water partition coefficient (Wildman–Crippen LogP) is 2.50. The number of phenolic OH excluding ortho intramolecular Hbond substituents is 1. The van der Waals surface area contributed by atoms with Crippen molar-refractivity contribution in [2.45, 2.75) is 69.1 Å². The van der Waals surface area contributed by atoms with Crippen LogP contribution < -0.4 is 4.74 Å². The van der Waals surface area contributed by atoms with Gasteiger partial charge in [-0.3, -0.25) is 0 Å². The van der Waals surface area contributed by atoms with E-state index in [2.05, 4.69) is 0 Å². The first kappa shape index (κ1) is 15.9. The van der Waals surface area contributed by atoms with E-state index in [9.17, 15) is 15.4 Å². The smallest absolute Gasteiger partial charge is 0.165 e. The van der Waals surface area contributed by atoms with Crippen molar-refractivity contribution in [3.8, 4) is 11.5 Å². The molecule has 0 radical (unpaired) electrons. The zero-order valence-electron chi connectivity index (χ0n) is 15.0. The minimum atomic E-state index is -1.03. The van der Waals surface area contributed by atoms with Gasteiger partial charge in [-0.1, -0.05) is 13.0 Å². The maximum absolute atomic E-state index is 12.0. The third-order valence-corrected chi connectivity index (χ3v) is 7.68. The van der Waals surface area contributed by atoms with Crippen LogP contribution in [-0.2, 0) is 11.8 Å². The summed E-state index contributed by atoms with van der Waals surface area (Å²) in [7, 11) is 0. The summed E-state index contributed by atoms with van der Waals surface area (Å²) >= 11 is 0. The number of aromatic hydroxyl groups is 1. The van der Waals surface area contributed by atoms with Gasteiger partial charge in [0.15, 0.2) is 17.5 Å². The van der Waals surface area contributed by atoms with Gasteiger partial charge < -0.3 is 14.9 Å². The van der Waals surface area contributed by atoms with Gasteiger partial charge in [0.2, 0.25) is 0 Å². The second-order valence-corrected chi connectivity index (χ2v) is 8.76. The zero-order chi connectivity index (χ0) is 17.6. The van der Waals surface area contributed by atoms with Gasteiger partial charge in [-0.25, -0.2) is 5.21 Å². The third kappa shape index (κ3) is 1.74. The van der Waals surface area contributed by atoms with Crippen LogP contribution in [0.1, 0.15) is 50.7 Å². The molecule has 5 atom stereocenters. The van der Waals surface area contributed by atoms with Crippen LogP contribution >= 0.6 is 0 Å².